The van der Waals surface area contributed by atoms with Crippen LogP contribution in [-0.4, -0.2) is 11.4 Å². The van der Waals surface area contributed by atoms with Gasteiger partial charge in [0.15, 0.2) is 0 Å². The molecule has 102 valence electrons. The quantitative estimate of drug-likeness (QED) is 0.642. The standard InChI is InChI=1S/C16H20ClNO/c1-4-5-6-11-15(19)18-16(2,3)12-13-9-7-8-10-14(13)17/h4-11H,12H2,1-3H3,(H,18,19). The lowest BCUT2D eigenvalue weighted by molar-refractivity contribution is -0.118. The van der Waals surface area contributed by atoms with Crippen LogP contribution in [-0.2, 0) is 11.2 Å². The normalized spacial score (nSPS) is 12.2. The number of benzene rings is 1. The number of carbonyl (C=O) groups excluding carboxylic acids is 1. The summed E-state index contributed by atoms with van der Waals surface area (Å²) < 4.78 is 0. The number of hydrogen-bond donors (Lipinski definition) is 1. The largest absolute Gasteiger partial charge is 0.347 e. The molecule has 3 heteroatoms. The highest BCUT2D eigenvalue weighted by Crippen LogP contribution is 2.20. The summed E-state index contributed by atoms with van der Waals surface area (Å²) in [5, 5.41) is 3.70. The van der Waals surface area contributed by atoms with Crippen LogP contribution in [0.1, 0.15) is 26.3 Å². The zero-order valence-electron chi connectivity index (χ0n) is 11.6. The van der Waals surface area contributed by atoms with Gasteiger partial charge in [0.25, 0.3) is 0 Å². The van der Waals surface area contributed by atoms with E-state index < -0.39 is 0 Å². The summed E-state index contributed by atoms with van der Waals surface area (Å²) in [6.45, 7) is 5.87. The molecule has 0 spiro atoms. The minimum absolute atomic E-state index is 0.102. The molecule has 0 bridgehead atoms. The summed E-state index contributed by atoms with van der Waals surface area (Å²) in [5.41, 5.74) is 0.689. The van der Waals surface area contributed by atoms with Crippen LogP contribution in [0.3, 0.4) is 0 Å². The minimum Gasteiger partial charge on any atom is -0.347 e. The number of halogens is 1. The smallest absolute Gasteiger partial charge is 0.244 e. The number of amides is 1. The Morgan fingerprint density at radius 3 is 2.63 bits per heavy atom. The molecule has 1 aromatic carbocycles. The van der Waals surface area contributed by atoms with E-state index in [0.29, 0.717) is 6.42 Å². The second-order valence-corrected chi connectivity index (χ2v) is 5.43. The highest BCUT2D eigenvalue weighted by Gasteiger charge is 2.20. The zero-order chi connectivity index (χ0) is 14.3. The van der Waals surface area contributed by atoms with Crippen LogP contribution in [0.15, 0.2) is 48.6 Å². The molecule has 1 rings (SSSR count). The first-order chi connectivity index (χ1) is 8.94. The highest BCUT2D eigenvalue weighted by atomic mass is 35.5. The van der Waals surface area contributed by atoms with Crippen molar-refractivity contribution in [2.24, 2.45) is 0 Å². The molecule has 19 heavy (non-hydrogen) atoms. The van der Waals surface area contributed by atoms with Crippen molar-refractivity contribution in [2.75, 3.05) is 0 Å². The van der Waals surface area contributed by atoms with Crippen molar-refractivity contribution >= 4 is 17.5 Å². The molecule has 0 aliphatic carbocycles. The molecule has 2 nitrogen and oxygen atoms in total. The summed E-state index contributed by atoms with van der Waals surface area (Å²) in [6, 6.07) is 7.69. The molecular formula is C16H20ClNO. The average molecular weight is 278 g/mol. The second-order valence-electron chi connectivity index (χ2n) is 5.03. The van der Waals surface area contributed by atoms with Crippen molar-refractivity contribution < 1.29 is 4.79 Å². The first-order valence-corrected chi connectivity index (χ1v) is 6.67. The fourth-order valence-corrected chi connectivity index (χ4v) is 1.99. The van der Waals surface area contributed by atoms with Crippen LogP contribution >= 0.6 is 11.6 Å². The predicted molar refractivity (Wildman–Crippen MR) is 81.3 cm³/mol. The maximum absolute atomic E-state index is 11.7. The second kappa shape index (κ2) is 7.15. The molecule has 1 N–H and O–H groups in total. The van der Waals surface area contributed by atoms with Gasteiger partial charge in [-0.1, -0.05) is 48.0 Å². The Morgan fingerprint density at radius 2 is 2.00 bits per heavy atom. The SMILES string of the molecule is CC=CC=CC(=O)NC(C)(C)Cc1ccccc1Cl. The first kappa shape index (κ1) is 15.5. The van der Waals surface area contributed by atoms with E-state index in [-0.39, 0.29) is 11.4 Å². The molecule has 0 aliphatic heterocycles. The van der Waals surface area contributed by atoms with Crippen molar-refractivity contribution in [2.45, 2.75) is 32.7 Å². The van der Waals surface area contributed by atoms with E-state index in [1.807, 2.05) is 57.2 Å². The van der Waals surface area contributed by atoms with Crippen LogP contribution in [0.5, 0.6) is 0 Å². The van der Waals surface area contributed by atoms with Crippen LogP contribution < -0.4 is 5.32 Å². The number of nitrogens with one attached hydrogen (secondary N) is 1. The summed E-state index contributed by atoms with van der Waals surface area (Å²) in [6.07, 6.45) is 7.63. The van der Waals surface area contributed by atoms with Crippen LogP contribution in [0.25, 0.3) is 0 Å². The van der Waals surface area contributed by atoms with Gasteiger partial charge >= 0.3 is 0 Å². The van der Waals surface area contributed by atoms with Gasteiger partial charge in [-0.2, -0.15) is 0 Å². The summed E-state index contributed by atoms with van der Waals surface area (Å²) in [5.74, 6) is -0.102. The number of allylic oxidation sites excluding steroid dienone is 3. The van der Waals surface area contributed by atoms with Crippen molar-refractivity contribution in [3.8, 4) is 0 Å². The molecule has 0 aliphatic rings. The molecule has 0 saturated carbocycles. The molecule has 1 amide bonds. The van der Waals surface area contributed by atoms with Crippen LogP contribution in [0.4, 0.5) is 0 Å². The highest BCUT2D eigenvalue weighted by molar-refractivity contribution is 6.31. The van der Waals surface area contributed by atoms with Gasteiger partial charge in [0.05, 0.1) is 0 Å². The van der Waals surface area contributed by atoms with E-state index in [0.717, 1.165) is 10.6 Å². The Hall–Kier alpha value is -1.54. The zero-order valence-corrected chi connectivity index (χ0v) is 12.4. The lowest BCUT2D eigenvalue weighted by Gasteiger charge is -2.26. The van der Waals surface area contributed by atoms with Crippen molar-refractivity contribution in [3.05, 3.63) is 59.2 Å². The molecule has 0 radical (unpaired) electrons. The molecule has 0 saturated heterocycles. The lowest BCUT2D eigenvalue weighted by atomic mass is 9.95. The minimum atomic E-state index is -0.345. The molecule has 0 fully saturated rings. The Kier molecular flexibility index (Phi) is 5.84. The third kappa shape index (κ3) is 5.75. The van der Waals surface area contributed by atoms with E-state index in [1.54, 1.807) is 6.08 Å². The maximum atomic E-state index is 11.7. The van der Waals surface area contributed by atoms with Gasteiger partial charge in [-0.25, -0.2) is 0 Å². The summed E-state index contributed by atoms with van der Waals surface area (Å²) >= 11 is 6.13. The van der Waals surface area contributed by atoms with Crippen molar-refractivity contribution in [1.82, 2.24) is 5.32 Å². The first-order valence-electron chi connectivity index (χ1n) is 6.29. The maximum Gasteiger partial charge on any atom is 0.244 e. The number of carbonyl (C=O) groups is 1. The molecular weight excluding hydrogens is 258 g/mol. The van der Waals surface area contributed by atoms with Gasteiger partial charge in [-0.3, -0.25) is 4.79 Å². The molecule has 1 aromatic rings. The van der Waals surface area contributed by atoms with E-state index in [2.05, 4.69) is 5.32 Å². The fourth-order valence-electron chi connectivity index (χ4n) is 1.79. The van der Waals surface area contributed by atoms with Gasteiger partial charge in [0.1, 0.15) is 0 Å². The molecule has 0 aromatic heterocycles. The van der Waals surface area contributed by atoms with Gasteiger partial charge < -0.3 is 5.32 Å². The van der Waals surface area contributed by atoms with E-state index in [4.69, 9.17) is 11.6 Å². The summed E-state index contributed by atoms with van der Waals surface area (Å²) in [4.78, 5) is 11.7. The Labute approximate surface area is 120 Å². The van der Waals surface area contributed by atoms with E-state index >= 15 is 0 Å². The van der Waals surface area contributed by atoms with Crippen molar-refractivity contribution in [3.63, 3.8) is 0 Å². The fraction of sp³-hybridized carbons (Fsp3) is 0.312. The molecule has 0 unspecified atom stereocenters. The van der Waals surface area contributed by atoms with Crippen LogP contribution in [0.2, 0.25) is 5.02 Å². The van der Waals surface area contributed by atoms with Gasteiger partial charge in [-0.15, -0.1) is 0 Å². The van der Waals surface area contributed by atoms with Gasteiger partial charge in [-0.05, 0) is 38.8 Å². The van der Waals surface area contributed by atoms with Gasteiger partial charge in [0.2, 0.25) is 5.91 Å². The molecule has 0 atom stereocenters. The molecule has 0 heterocycles. The topological polar surface area (TPSA) is 29.1 Å². The monoisotopic (exact) mass is 277 g/mol. The third-order valence-corrected chi connectivity index (χ3v) is 2.97. The number of rotatable bonds is 5. The third-order valence-electron chi connectivity index (χ3n) is 2.60. The lowest BCUT2D eigenvalue weighted by Crippen LogP contribution is -2.44. The average Bonchev–Trinajstić information content (AvgIpc) is 2.31. The Bertz CT molecular complexity index is 489. The van der Waals surface area contributed by atoms with Crippen molar-refractivity contribution in [1.29, 1.82) is 0 Å². The van der Waals surface area contributed by atoms with Crippen LogP contribution in [0, 0.1) is 0 Å². The van der Waals surface area contributed by atoms with E-state index in [1.165, 1.54) is 6.08 Å². The summed E-state index contributed by atoms with van der Waals surface area (Å²) in [7, 11) is 0. The Morgan fingerprint density at radius 1 is 1.32 bits per heavy atom. The number of hydrogen-bond acceptors (Lipinski definition) is 1. The Balaban J connectivity index is 2.66. The predicted octanol–water partition coefficient (Wildman–Crippen LogP) is 3.91. The van der Waals surface area contributed by atoms with Gasteiger partial charge in [0, 0.05) is 16.6 Å². The van der Waals surface area contributed by atoms with E-state index in [9.17, 15) is 4.79 Å².